The molecule has 0 aliphatic heterocycles. The Kier molecular flexibility index (Phi) is 5.30. The first-order valence-electron chi connectivity index (χ1n) is 7.60. The second-order valence-corrected chi connectivity index (χ2v) is 6.26. The summed E-state index contributed by atoms with van der Waals surface area (Å²) in [4.78, 5) is 0. The van der Waals surface area contributed by atoms with Crippen LogP contribution < -0.4 is 5.32 Å². The van der Waals surface area contributed by atoms with Gasteiger partial charge in [0.2, 0.25) is 0 Å². The normalized spacial score (nSPS) is 30.5. The van der Waals surface area contributed by atoms with E-state index in [9.17, 15) is 0 Å². The van der Waals surface area contributed by atoms with Crippen LogP contribution in [-0.2, 0) is 4.74 Å². The van der Waals surface area contributed by atoms with Crippen molar-refractivity contribution in [1.82, 2.24) is 5.32 Å². The maximum atomic E-state index is 5.91. The summed E-state index contributed by atoms with van der Waals surface area (Å²) in [6, 6.07) is 0.775. The van der Waals surface area contributed by atoms with E-state index < -0.39 is 0 Å². The predicted molar refractivity (Wildman–Crippen MR) is 72.2 cm³/mol. The fourth-order valence-corrected chi connectivity index (χ4v) is 3.09. The first-order valence-corrected chi connectivity index (χ1v) is 7.60. The van der Waals surface area contributed by atoms with Crippen molar-refractivity contribution in [3.05, 3.63) is 0 Å². The third-order valence-electron chi connectivity index (χ3n) is 4.56. The zero-order chi connectivity index (χ0) is 12.1. The zero-order valence-corrected chi connectivity index (χ0v) is 11.6. The quantitative estimate of drug-likeness (QED) is 0.718. The fourth-order valence-electron chi connectivity index (χ4n) is 3.09. The third-order valence-corrected chi connectivity index (χ3v) is 4.56. The van der Waals surface area contributed by atoms with Gasteiger partial charge in [-0.1, -0.05) is 33.1 Å². The first kappa shape index (κ1) is 13.4. The molecule has 0 amide bonds. The van der Waals surface area contributed by atoms with Gasteiger partial charge in [0, 0.05) is 12.6 Å². The highest BCUT2D eigenvalue weighted by Crippen LogP contribution is 2.33. The molecule has 0 bridgehead atoms. The third kappa shape index (κ3) is 4.26. The van der Waals surface area contributed by atoms with Crippen molar-refractivity contribution in [3.8, 4) is 0 Å². The molecule has 0 radical (unpaired) electrons. The Morgan fingerprint density at radius 3 is 2.47 bits per heavy atom. The van der Waals surface area contributed by atoms with Gasteiger partial charge in [-0.2, -0.15) is 0 Å². The number of ether oxygens (including phenoxy) is 1. The van der Waals surface area contributed by atoms with E-state index >= 15 is 0 Å². The summed E-state index contributed by atoms with van der Waals surface area (Å²) in [5, 5.41) is 3.62. The summed E-state index contributed by atoms with van der Waals surface area (Å²) in [7, 11) is 0. The van der Waals surface area contributed by atoms with E-state index in [0.717, 1.165) is 31.0 Å². The van der Waals surface area contributed by atoms with Gasteiger partial charge in [0.15, 0.2) is 0 Å². The molecule has 2 heteroatoms. The van der Waals surface area contributed by atoms with Crippen molar-refractivity contribution in [2.75, 3.05) is 13.2 Å². The summed E-state index contributed by atoms with van der Waals surface area (Å²) in [6.07, 6.45) is 10.1. The lowest BCUT2D eigenvalue weighted by Gasteiger charge is -2.38. The molecule has 0 atom stereocenters. The van der Waals surface area contributed by atoms with E-state index in [1.54, 1.807) is 0 Å². The Hall–Kier alpha value is -0.0800. The molecule has 1 N–H and O–H groups in total. The molecule has 0 aromatic rings. The topological polar surface area (TPSA) is 21.3 Å². The van der Waals surface area contributed by atoms with Crippen molar-refractivity contribution < 1.29 is 4.74 Å². The monoisotopic (exact) mass is 239 g/mol. The molecule has 2 fully saturated rings. The zero-order valence-electron chi connectivity index (χ0n) is 11.6. The van der Waals surface area contributed by atoms with Crippen LogP contribution in [0.5, 0.6) is 0 Å². The van der Waals surface area contributed by atoms with E-state index in [1.807, 2.05) is 0 Å². The minimum Gasteiger partial charge on any atom is -0.377 e. The predicted octanol–water partition coefficient (Wildman–Crippen LogP) is 3.36. The molecule has 0 heterocycles. The van der Waals surface area contributed by atoms with Gasteiger partial charge in [-0.3, -0.25) is 0 Å². The van der Waals surface area contributed by atoms with Crippen LogP contribution in [0.4, 0.5) is 0 Å². The van der Waals surface area contributed by atoms with Crippen molar-refractivity contribution in [2.24, 2.45) is 11.8 Å². The molecule has 2 saturated carbocycles. The molecule has 2 nitrogen and oxygen atoms in total. The number of rotatable bonds is 6. The largest absolute Gasteiger partial charge is 0.377 e. The SMILES string of the molecule is CC(C)C1CC(NCCOC2CCCCC2)C1. The van der Waals surface area contributed by atoms with Gasteiger partial charge in [-0.25, -0.2) is 0 Å². The Morgan fingerprint density at radius 2 is 1.82 bits per heavy atom. The average molecular weight is 239 g/mol. The van der Waals surface area contributed by atoms with Gasteiger partial charge >= 0.3 is 0 Å². The minimum absolute atomic E-state index is 0.565. The van der Waals surface area contributed by atoms with E-state index in [2.05, 4.69) is 19.2 Å². The minimum atomic E-state index is 0.565. The average Bonchev–Trinajstić information content (AvgIpc) is 2.27. The summed E-state index contributed by atoms with van der Waals surface area (Å²) < 4.78 is 5.91. The van der Waals surface area contributed by atoms with E-state index in [0.29, 0.717) is 6.10 Å². The van der Waals surface area contributed by atoms with E-state index in [-0.39, 0.29) is 0 Å². The second kappa shape index (κ2) is 6.75. The van der Waals surface area contributed by atoms with Crippen LogP contribution in [0.1, 0.15) is 58.8 Å². The molecule has 0 unspecified atom stereocenters. The molecule has 0 aromatic carbocycles. The van der Waals surface area contributed by atoms with Crippen LogP contribution >= 0.6 is 0 Å². The smallest absolute Gasteiger partial charge is 0.0594 e. The molecule has 17 heavy (non-hydrogen) atoms. The van der Waals surface area contributed by atoms with Gasteiger partial charge in [0.25, 0.3) is 0 Å². The highest BCUT2D eigenvalue weighted by atomic mass is 16.5. The Morgan fingerprint density at radius 1 is 1.12 bits per heavy atom. The molecule has 2 rings (SSSR count). The molecule has 100 valence electrons. The van der Waals surface area contributed by atoms with Crippen molar-refractivity contribution in [3.63, 3.8) is 0 Å². The molecule has 0 saturated heterocycles. The second-order valence-electron chi connectivity index (χ2n) is 6.26. The highest BCUT2D eigenvalue weighted by molar-refractivity contribution is 4.86. The van der Waals surface area contributed by atoms with Gasteiger partial charge in [0.05, 0.1) is 12.7 Å². The Bertz CT molecular complexity index is 205. The maximum absolute atomic E-state index is 5.91. The number of hydrogen-bond acceptors (Lipinski definition) is 2. The van der Waals surface area contributed by atoms with Crippen molar-refractivity contribution in [2.45, 2.75) is 70.9 Å². The number of hydrogen-bond donors (Lipinski definition) is 1. The Labute approximate surface area is 107 Å². The van der Waals surface area contributed by atoms with Crippen molar-refractivity contribution in [1.29, 1.82) is 0 Å². The lowest BCUT2D eigenvalue weighted by Crippen LogP contribution is -2.44. The Balaban J connectivity index is 1.44. The summed E-state index contributed by atoms with van der Waals surface area (Å²) in [5.41, 5.74) is 0. The van der Waals surface area contributed by atoms with Gasteiger partial charge in [0.1, 0.15) is 0 Å². The van der Waals surface area contributed by atoms with Gasteiger partial charge in [-0.15, -0.1) is 0 Å². The van der Waals surface area contributed by atoms with Crippen LogP contribution in [0.15, 0.2) is 0 Å². The summed E-state index contributed by atoms with van der Waals surface area (Å²) >= 11 is 0. The molecule has 2 aliphatic rings. The molecular formula is C15H29NO. The lowest BCUT2D eigenvalue weighted by atomic mass is 9.74. The van der Waals surface area contributed by atoms with E-state index in [1.165, 1.54) is 44.9 Å². The number of nitrogens with one attached hydrogen (secondary N) is 1. The van der Waals surface area contributed by atoms with Crippen LogP contribution in [0.25, 0.3) is 0 Å². The standard InChI is InChI=1S/C15H29NO/c1-12(2)13-10-14(11-13)16-8-9-17-15-6-4-3-5-7-15/h12-16H,3-11H2,1-2H3. The van der Waals surface area contributed by atoms with Crippen LogP contribution in [0, 0.1) is 11.8 Å². The van der Waals surface area contributed by atoms with Crippen LogP contribution in [0.3, 0.4) is 0 Å². The summed E-state index contributed by atoms with van der Waals surface area (Å²) in [5.74, 6) is 1.83. The molecular weight excluding hydrogens is 210 g/mol. The molecule has 2 aliphatic carbocycles. The van der Waals surface area contributed by atoms with Crippen LogP contribution in [0.2, 0.25) is 0 Å². The fraction of sp³-hybridized carbons (Fsp3) is 1.00. The van der Waals surface area contributed by atoms with E-state index in [4.69, 9.17) is 4.74 Å². The maximum Gasteiger partial charge on any atom is 0.0594 e. The molecule has 0 aromatic heterocycles. The molecule has 0 spiro atoms. The van der Waals surface area contributed by atoms with Gasteiger partial charge in [-0.05, 0) is 37.5 Å². The van der Waals surface area contributed by atoms with Crippen molar-refractivity contribution >= 4 is 0 Å². The lowest BCUT2D eigenvalue weighted by molar-refractivity contribution is 0.0265. The van der Waals surface area contributed by atoms with Gasteiger partial charge < -0.3 is 10.1 Å². The summed E-state index contributed by atoms with van der Waals surface area (Å²) in [6.45, 7) is 6.64. The van der Waals surface area contributed by atoms with Crippen LogP contribution in [-0.4, -0.2) is 25.3 Å². The first-order chi connectivity index (χ1) is 8.25. The highest BCUT2D eigenvalue weighted by Gasteiger charge is 2.30.